The minimum absolute atomic E-state index is 0.0289. The van der Waals surface area contributed by atoms with Gasteiger partial charge in [-0.05, 0) is 24.6 Å². The van der Waals surface area contributed by atoms with Gasteiger partial charge in [0.05, 0.1) is 10.5 Å². The number of rotatable bonds is 2. The molecule has 0 spiro atoms. The summed E-state index contributed by atoms with van der Waals surface area (Å²) in [4.78, 5) is 10.2. The molecule has 0 saturated carbocycles. The van der Waals surface area contributed by atoms with E-state index in [9.17, 15) is 18.9 Å². The average Bonchev–Trinajstić information content (AvgIpc) is 2.32. The first-order valence-corrected chi connectivity index (χ1v) is 5.20. The molecule has 0 fully saturated rings. The van der Waals surface area contributed by atoms with Crippen LogP contribution in [-0.2, 0) is 0 Å². The molecule has 0 radical (unpaired) electrons. The lowest BCUT2D eigenvalue weighted by Crippen LogP contribution is -1.95. The highest BCUT2D eigenvalue weighted by Gasteiger charge is 2.19. The Bertz CT molecular complexity index is 626. The summed E-state index contributed by atoms with van der Waals surface area (Å²) in [7, 11) is 0. The molecule has 5 heteroatoms. The van der Waals surface area contributed by atoms with Gasteiger partial charge >= 0.3 is 0 Å². The van der Waals surface area contributed by atoms with Crippen LogP contribution in [0.1, 0.15) is 5.56 Å². The number of nitro benzene ring substituents is 1. The fourth-order valence-electron chi connectivity index (χ4n) is 1.74. The van der Waals surface area contributed by atoms with E-state index in [1.165, 1.54) is 6.07 Å². The van der Waals surface area contributed by atoms with E-state index in [2.05, 4.69) is 0 Å². The SMILES string of the molecule is Cc1cccc(-c2cc(F)ccc2[N+](=O)[O-])c1F. The predicted octanol–water partition coefficient (Wildman–Crippen LogP) is 3.85. The molecule has 92 valence electrons. The smallest absolute Gasteiger partial charge is 0.258 e. The van der Waals surface area contributed by atoms with Crippen molar-refractivity contribution < 1.29 is 13.7 Å². The van der Waals surface area contributed by atoms with Gasteiger partial charge in [0.2, 0.25) is 0 Å². The van der Waals surface area contributed by atoms with Gasteiger partial charge in [-0.25, -0.2) is 8.78 Å². The van der Waals surface area contributed by atoms with Gasteiger partial charge in [-0.3, -0.25) is 10.1 Å². The summed E-state index contributed by atoms with van der Waals surface area (Å²) in [5.74, 6) is -1.22. The number of nitrogens with zero attached hydrogens (tertiary/aromatic N) is 1. The molecule has 0 aliphatic carbocycles. The second kappa shape index (κ2) is 4.52. The van der Waals surface area contributed by atoms with Crippen LogP contribution in [0.5, 0.6) is 0 Å². The van der Waals surface area contributed by atoms with E-state index < -0.39 is 16.6 Å². The molecule has 2 aromatic rings. The normalized spacial score (nSPS) is 10.4. The Morgan fingerprint density at radius 3 is 2.50 bits per heavy atom. The Morgan fingerprint density at radius 2 is 1.83 bits per heavy atom. The molecule has 18 heavy (non-hydrogen) atoms. The van der Waals surface area contributed by atoms with Crippen molar-refractivity contribution >= 4 is 5.69 Å². The van der Waals surface area contributed by atoms with Gasteiger partial charge in [0.1, 0.15) is 11.6 Å². The van der Waals surface area contributed by atoms with Gasteiger partial charge in [0.25, 0.3) is 5.69 Å². The highest BCUT2D eigenvalue weighted by Crippen LogP contribution is 2.33. The van der Waals surface area contributed by atoms with Crippen molar-refractivity contribution in [1.29, 1.82) is 0 Å². The lowest BCUT2D eigenvalue weighted by Gasteiger charge is -2.06. The Labute approximate surface area is 102 Å². The standard InChI is InChI=1S/C13H9F2NO2/c1-8-3-2-4-10(13(8)15)11-7-9(14)5-6-12(11)16(17)18/h2-7H,1H3. The molecule has 3 nitrogen and oxygen atoms in total. The van der Waals surface area contributed by atoms with E-state index in [0.29, 0.717) is 5.56 Å². The van der Waals surface area contributed by atoms with Gasteiger partial charge in [0, 0.05) is 11.6 Å². The summed E-state index contributed by atoms with van der Waals surface area (Å²) in [6, 6.07) is 7.49. The van der Waals surface area contributed by atoms with Crippen molar-refractivity contribution in [2.24, 2.45) is 0 Å². The van der Waals surface area contributed by atoms with Gasteiger partial charge in [-0.2, -0.15) is 0 Å². The van der Waals surface area contributed by atoms with Crippen LogP contribution in [0.4, 0.5) is 14.5 Å². The molecule has 0 aliphatic heterocycles. The van der Waals surface area contributed by atoms with E-state index >= 15 is 0 Å². The number of nitro groups is 1. The second-order valence-corrected chi connectivity index (χ2v) is 3.86. The summed E-state index contributed by atoms with van der Waals surface area (Å²) >= 11 is 0. The molecule has 0 bridgehead atoms. The maximum atomic E-state index is 13.9. The maximum Gasteiger partial charge on any atom is 0.277 e. The van der Waals surface area contributed by atoms with E-state index in [1.54, 1.807) is 19.1 Å². The van der Waals surface area contributed by atoms with Crippen molar-refractivity contribution in [3.8, 4) is 11.1 Å². The number of hydrogen-bond acceptors (Lipinski definition) is 2. The van der Waals surface area contributed by atoms with Crippen LogP contribution in [-0.4, -0.2) is 4.92 Å². The first-order valence-electron chi connectivity index (χ1n) is 5.20. The van der Waals surface area contributed by atoms with E-state index in [4.69, 9.17) is 0 Å². The molecule has 0 N–H and O–H groups in total. The Balaban J connectivity index is 2.73. The van der Waals surface area contributed by atoms with Crippen molar-refractivity contribution in [2.45, 2.75) is 6.92 Å². The highest BCUT2D eigenvalue weighted by atomic mass is 19.1. The van der Waals surface area contributed by atoms with Gasteiger partial charge in [-0.1, -0.05) is 18.2 Å². The van der Waals surface area contributed by atoms with E-state index in [-0.39, 0.29) is 16.8 Å². The molecular weight excluding hydrogens is 240 g/mol. The molecule has 0 aromatic heterocycles. The zero-order valence-electron chi connectivity index (χ0n) is 9.48. The average molecular weight is 249 g/mol. The van der Waals surface area contributed by atoms with Crippen molar-refractivity contribution in [3.63, 3.8) is 0 Å². The Morgan fingerprint density at radius 1 is 1.11 bits per heavy atom. The fourth-order valence-corrected chi connectivity index (χ4v) is 1.74. The summed E-state index contributed by atoms with van der Waals surface area (Å²) in [6.07, 6.45) is 0. The molecule has 0 amide bonds. The minimum atomic E-state index is -0.656. The van der Waals surface area contributed by atoms with Crippen LogP contribution in [0.3, 0.4) is 0 Å². The third-order valence-electron chi connectivity index (χ3n) is 2.64. The predicted molar refractivity (Wildman–Crippen MR) is 63.2 cm³/mol. The molecule has 0 saturated heterocycles. The lowest BCUT2D eigenvalue weighted by molar-refractivity contribution is -0.384. The molecule has 2 rings (SSSR count). The lowest BCUT2D eigenvalue weighted by atomic mass is 10.0. The largest absolute Gasteiger partial charge is 0.277 e. The number of hydrogen-bond donors (Lipinski definition) is 0. The first kappa shape index (κ1) is 12.2. The van der Waals surface area contributed by atoms with Gasteiger partial charge in [0.15, 0.2) is 0 Å². The quantitative estimate of drug-likeness (QED) is 0.599. The summed E-state index contributed by atoms with van der Waals surface area (Å²) < 4.78 is 27.1. The third kappa shape index (κ3) is 2.07. The molecule has 0 unspecified atom stereocenters. The molecule has 0 atom stereocenters. The summed E-state index contributed by atoms with van der Waals surface area (Å²) in [5.41, 5.74) is 0.00867. The third-order valence-corrected chi connectivity index (χ3v) is 2.64. The van der Waals surface area contributed by atoms with Crippen molar-refractivity contribution in [2.75, 3.05) is 0 Å². The van der Waals surface area contributed by atoms with Crippen LogP contribution in [0.15, 0.2) is 36.4 Å². The monoisotopic (exact) mass is 249 g/mol. The highest BCUT2D eigenvalue weighted by molar-refractivity contribution is 5.74. The van der Waals surface area contributed by atoms with Crippen LogP contribution >= 0.6 is 0 Å². The topological polar surface area (TPSA) is 43.1 Å². The van der Waals surface area contributed by atoms with Gasteiger partial charge in [-0.15, -0.1) is 0 Å². The zero-order chi connectivity index (χ0) is 13.3. The summed E-state index contributed by atoms with van der Waals surface area (Å²) in [5, 5.41) is 10.9. The van der Waals surface area contributed by atoms with E-state index in [0.717, 1.165) is 18.2 Å². The summed E-state index contributed by atoms with van der Waals surface area (Å²) in [6.45, 7) is 1.55. The number of benzene rings is 2. The second-order valence-electron chi connectivity index (χ2n) is 3.86. The van der Waals surface area contributed by atoms with Crippen LogP contribution in [0.25, 0.3) is 11.1 Å². The van der Waals surface area contributed by atoms with E-state index in [1.807, 2.05) is 0 Å². The zero-order valence-corrected chi connectivity index (χ0v) is 9.48. The van der Waals surface area contributed by atoms with Crippen LogP contribution < -0.4 is 0 Å². The maximum absolute atomic E-state index is 13.9. The van der Waals surface area contributed by atoms with Crippen LogP contribution in [0, 0.1) is 28.7 Å². The number of halogens is 2. The minimum Gasteiger partial charge on any atom is -0.258 e. The fraction of sp³-hybridized carbons (Fsp3) is 0.0769. The van der Waals surface area contributed by atoms with Crippen molar-refractivity contribution in [3.05, 3.63) is 63.7 Å². The van der Waals surface area contributed by atoms with Crippen molar-refractivity contribution in [1.82, 2.24) is 0 Å². The molecule has 0 heterocycles. The Hall–Kier alpha value is -2.30. The molecule has 2 aromatic carbocycles. The van der Waals surface area contributed by atoms with Gasteiger partial charge < -0.3 is 0 Å². The molecular formula is C13H9F2NO2. The Kier molecular flexibility index (Phi) is 3.06. The van der Waals surface area contributed by atoms with Crippen LogP contribution in [0.2, 0.25) is 0 Å². The first-order chi connectivity index (χ1) is 8.50. The molecule has 0 aliphatic rings. The number of aryl methyl sites for hydroxylation is 1.